The van der Waals surface area contributed by atoms with Crippen molar-refractivity contribution < 1.29 is 0 Å². The quantitative estimate of drug-likeness (QED) is 0.821. The largest absolute Gasteiger partial charge is 0.398 e. The maximum absolute atomic E-state index is 5.92. The van der Waals surface area contributed by atoms with Gasteiger partial charge in [-0.1, -0.05) is 42.5 Å². The van der Waals surface area contributed by atoms with Crippen LogP contribution in [0.15, 0.2) is 48.5 Å². The van der Waals surface area contributed by atoms with Crippen molar-refractivity contribution in [2.24, 2.45) is 0 Å². The standard InChI is InChI=1S/C15H17NS/c1-12-6-2-3-7-13(12)10-17-11-14-8-4-5-9-15(14)16/h2-9H,10-11,16H2,1H3. The number of aryl methyl sites for hydroxylation is 1. The maximum Gasteiger partial charge on any atom is 0.0355 e. The molecular weight excluding hydrogens is 226 g/mol. The van der Waals surface area contributed by atoms with Crippen LogP contribution in [0.1, 0.15) is 16.7 Å². The van der Waals surface area contributed by atoms with E-state index in [0.29, 0.717) is 0 Å². The first kappa shape index (κ1) is 12.1. The summed E-state index contributed by atoms with van der Waals surface area (Å²) in [4.78, 5) is 0. The number of thioether (sulfide) groups is 1. The average Bonchev–Trinajstić information content (AvgIpc) is 2.34. The lowest BCUT2D eigenvalue weighted by molar-refractivity contribution is 1.30. The van der Waals surface area contributed by atoms with Crippen molar-refractivity contribution in [1.82, 2.24) is 0 Å². The number of benzene rings is 2. The molecule has 0 aromatic heterocycles. The molecule has 0 aliphatic heterocycles. The van der Waals surface area contributed by atoms with Crippen LogP contribution in [-0.4, -0.2) is 0 Å². The van der Waals surface area contributed by atoms with E-state index in [2.05, 4.69) is 37.3 Å². The minimum absolute atomic E-state index is 0.893. The smallest absolute Gasteiger partial charge is 0.0355 e. The summed E-state index contributed by atoms with van der Waals surface area (Å²) in [6.07, 6.45) is 0. The van der Waals surface area contributed by atoms with Gasteiger partial charge in [0, 0.05) is 17.2 Å². The average molecular weight is 243 g/mol. The molecule has 2 aromatic carbocycles. The van der Waals surface area contributed by atoms with Gasteiger partial charge in [0.05, 0.1) is 0 Å². The van der Waals surface area contributed by atoms with Crippen LogP contribution < -0.4 is 5.73 Å². The van der Waals surface area contributed by atoms with E-state index in [1.54, 1.807) is 0 Å². The van der Waals surface area contributed by atoms with Gasteiger partial charge >= 0.3 is 0 Å². The SMILES string of the molecule is Cc1ccccc1CSCc1ccccc1N. The zero-order chi connectivity index (χ0) is 12.1. The van der Waals surface area contributed by atoms with E-state index in [4.69, 9.17) is 5.73 Å². The van der Waals surface area contributed by atoms with Gasteiger partial charge in [-0.25, -0.2) is 0 Å². The van der Waals surface area contributed by atoms with Gasteiger partial charge in [-0.15, -0.1) is 0 Å². The number of nitrogens with two attached hydrogens (primary N) is 1. The third-order valence-corrected chi connectivity index (χ3v) is 3.86. The second-order valence-electron chi connectivity index (χ2n) is 4.12. The number of nitrogen functional groups attached to an aromatic ring is 1. The molecule has 2 N–H and O–H groups in total. The highest BCUT2D eigenvalue weighted by Gasteiger charge is 2.00. The summed E-state index contributed by atoms with van der Waals surface area (Å²) in [6, 6.07) is 16.6. The van der Waals surface area contributed by atoms with Crippen molar-refractivity contribution in [3.63, 3.8) is 0 Å². The summed E-state index contributed by atoms with van der Waals surface area (Å²) in [5, 5.41) is 0. The van der Waals surface area contributed by atoms with Crippen molar-refractivity contribution in [3.8, 4) is 0 Å². The van der Waals surface area contributed by atoms with Gasteiger partial charge in [-0.05, 0) is 29.7 Å². The highest BCUT2D eigenvalue weighted by Crippen LogP contribution is 2.22. The monoisotopic (exact) mass is 243 g/mol. The molecule has 0 fully saturated rings. The molecule has 0 aliphatic carbocycles. The molecule has 2 heteroatoms. The summed E-state index contributed by atoms with van der Waals surface area (Å²) in [6.45, 7) is 2.16. The summed E-state index contributed by atoms with van der Waals surface area (Å²) in [5.41, 5.74) is 10.8. The molecule has 2 rings (SSSR count). The van der Waals surface area contributed by atoms with Crippen LogP contribution in [0, 0.1) is 6.92 Å². The molecule has 0 heterocycles. The van der Waals surface area contributed by atoms with Gasteiger partial charge in [0.15, 0.2) is 0 Å². The molecule has 88 valence electrons. The van der Waals surface area contributed by atoms with E-state index >= 15 is 0 Å². The summed E-state index contributed by atoms with van der Waals surface area (Å²) < 4.78 is 0. The lowest BCUT2D eigenvalue weighted by atomic mass is 10.1. The third-order valence-electron chi connectivity index (χ3n) is 2.83. The number of hydrogen-bond donors (Lipinski definition) is 1. The number of anilines is 1. The van der Waals surface area contributed by atoms with Gasteiger partial charge in [-0.2, -0.15) is 11.8 Å². The molecule has 0 aliphatic rings. The Labute approximate surface area is 107 Å². The van der Waals surface area contributed by atoms with E-state index < -0.39 is 0 Å². The van der Waals surface area contributed by atoms with Crippen molar-refractivity contribution in [3.05, 3.63) is 65.2 Å². The fraction of sp³-hybridized carbons (Fsp3) is 0.200. The van der Waals surface area contributed by atoms with Crippen molar-refractivity contribution in [1.29, 1.82) is 0 Å². The number of hydrogen-bond acceptors (Lipinski definition) is 2. The molecule has 0 amide bonds. The Hall–Kier alpha value is -1.41. The van der Waals surface area contributed by atoms with Crippen molar-refractivity contribution in [2.75, 3.05) is 5.73 Å². The fourth-order valence-electron chi connectivity index (χ4n) is 1.71. The molecule has 0 bridgehead atoms. The summed E-state index contributed by atoms with van der Waals surface area (Å²) >= 11 is 1.91. The second-order valence-corrected chi connectivity index (χ2v) is 5.10. The van der Waals surface area contributed by atoms with Crippen LogP contribution in [0.5, 0.6) is 0 Å². The Bertz CT molecular complexity index is 448. The molecule has 2 aromatic rings. The Morgan fingerprint density at radius 3 is 2.18 bits per heavy atom. The number of para-hydroxylation sites is 1. The summed E-state index contributed by atoms with van der Waals surface area (Å²) in [5.74, 6) is 2.02. The lowest BCUT2D eigenvalue weighted by Gasteiger charge is -2.07. The third kappa shape index (κ3) is 3.27. The predicted molar refractivity (Wildman–Crippen MR) is 77.0 cm³/mol. The van der Waals surface area contributed by atoms with Gasteiger partial charge in [-0.3, -0.25) is 0 Å². The second kappa shape index (κ2) is 5.78. The van der Waals surface area contributed by atoms with Gasteiger partial charge in [0.1, 0.15) is 0 Å². The summed E-state index contributed by atoms with van der Waals surface area (Å²) in [7, 11) is 0. The van der Waals surface area contributed by atoms with Gasteiger partial charge in [0.25, 0.3) is 0 Å². The topological polar surface area (TPSA) is 26.0 Å². The first-order chi connectivity index (χ1) is 8.27. The van der Waals surface area contributed by atoms with E-state index in [0.717, 1.165) is 17.2 Å². The molecular formula is C15H17NS. The molecule has 0 saturated heterocycles. The molecule has 0 radical (unpaired) electrons. The van der Waals surface area contributed by atoms with E-state index in [1.165, 1.54) is 16.7 Å². The van der Waals surface area contributed by atoms with E-state index in [1.807, 2.05) is 30.0 Å². The van der Waals surface area contributed by atoms with Crippen LogP contribution in [-0.2, 0) is 11.5 Å². The minimum Gasteiger partial charge on any atom is -0.398 e. The first-order valence-corrected chi connectivity index (χ1v) is 6.88. The molecule has 0 unspecified atom stereocenters. The Kier molecular flexibility index (Phi) is 4.10. The molecule has 0 atom stereocenters. The molecule has 1 nitrogen and oxygen atoms in total. The molecule has 17 heavy (non-hydrogen) atoms. The normalized spacial score (nSPS) is 10.4. The Balaban J connectivity index is 1.93. The highest BCUT2D eigenvalue weighted by atomic mass is 32.2. The van der Waals surface area contributed by atoms with Crippen molar-refractivity contribution in [2.45, 2.75) is 18.4 Å². The highest BCUT2D eigenvalue weighted by molar-refractivity contribution is 7.97. The van der Waals surface area contributed by atoms with Crippen LogP contribution in [0.25, 0.3) is 0 Å². The molecule has 0 spiro atoms. The first-order valence-electron chi connectivity index (χ1n) is 5.73. The van der Waals surface area contributed by atoms with Gasteiger partial charge < -0.3 is 5.73 Å². The Morgan fingerprint density at radius 1 is 0.882 bits per heavy atom. The zero-order valence-electron chi connectivity index (χ0n) is 10.0. The Morgan fingerprint density at radius 2 is 1.47 bits per heavy atom. The lowest BCUT2D eigenvalue weighted by Crippen LogP contribution is -1.92. The van der Waals surface area contributed by atoms with Crippen LogP contribution in [0.3, 0.4) is 0 Å². The maximum atomic E-state index is 5.92. The van der Waals surface area contributed by atoms with Crippen LogP contribution in [0.4, 0.5) is 5.69 Å². The predicted octanol–water partition coefficient (Wildman–Crippen LogP) is 4.01. The van der Waals surface area contributed by atoms with E-state index in [-0.39, 0.29) is 0 Å². The van der Waals surface area contributed by atoms with Gasteiger partial charge in [0.2, 0.25) is 0 Å². The molecule has 0 saturated carbocycles. The number of rotatable bonds is 4. The van der Waals surface area contributed by atoms with E-state index in [9.17, 15) is 0 Å². The van der Waals surface area contributed by atoms with Crippen LogP contribution >= 0.6 is 11.8 Å². The fourth-order valence-corrected chi connectivity index (χ4v) is 2.84. The minimum atomic E-state index is 0.893. The van der Waals surface area contributed by atoms with Crippen LogP contribution in [0.2, 0.25) is 0 Å². The van der Waals surface area contributed by atoms with Crippen molar-refractivity contribution >= 4 is 17.4 Å². The zero-order valence-corrected chi connectivity index (χ0v) is 10.8.